The van der Waals surface area contributed by atoms with Crippen molar-refractivity contribution in [3.63, 3.8) is 0 Å². The summed E-state index contributed by atoms with van der Waals surface area (Å²) in [6.45, 7) is 0.532. The van der Waals surface area contributed by atoms with E-state index in [0.29, 0.717) is 35.3 Å². The minimum atomic E-state index is -0.0579. The van der Waals surface area contributed by atoms with Crippen LogP contribution >= 0.6 is 11.8 Å². The summed E-state index contributed by atoms with van der Waals surface area (Å²) >= 11 is 1.35. The van der Waals surface area contributed by atoms with Gasteiger partial charge in [-0.15, -0.1) is 10.2 Å². The molecule has 3 aromatic rings. The number of amides is 1. The van der Waals surface area contributed by atoms with E-state index in [1.54, 1.807) is 14.2 Å². The lowest BCUT2D eigenvalue weighted by molar-refractivity contribution is -0.118. The van der Waals surface area contributed by atoms with Crippen molar-refractivity contribution in [2.45, 2.75) is 11.6 Å². The summed E-state index contributed by atoms with van der Waals surface area (Å²) < 4.78 is 12.4. The molecule has 0 radical (unpaired) electrons. The fraction of sp³-hybridized carbons (Fsp3) is 0.286. The normalized spacial score (nSPS) is 10.6. The Bertz CT molecular complexity index is 1000. The highest BCUT2D eigenvalue weighted by Crippen LogP contribution is 2.27. The molecule has 0 saturated heterocycles. The Morgan fingerprint density at radius 3 is 2.53 bits per heavy atom. The molecule has 1 heterocycles. The number of ether oxygens (including phenoxy) is 2. The topological polar surface area (TPSA) is 104 Å². The van der Waals surface area contributed by atoms with Crippen LogP contribution in [0.5, 0.6) is 11.5 Å². The molecule has 3 rings (SSSR count). The molecule has 8 nitrogen and oxygen atoms in total. The Balaban J connectivity index is 1.49. The fourth-order valence-electron chi connectivity index (χ4n) is 2.89. The van der Waals surface area contributed by atoms with Crippen LogP contribution in [0.4, 0.5) is 5.69 Å². The van der Waals surface area contributed by atoms with Crippen molar-refractivity contribution < 1.29 is 14.3 Å². The Morgan fingerprint density at radius 2 is 1.83 bits per heavy atom. The number of nitrogens with two attached hydrogens (primary N) is 1. The third kappa shape index (κ3) is 5.24. The number of nitrogen functional groups attached to an aromatic ring is 1. The van der Waals surface area contributed by atoms with E-state index < -0.39 is 0 Å². The maximum Gasteiger partial charge on any atom is 0.230 e. The number of carbonyl (C=O) groups is 1. The van der Waals surface area contributed by atoms with Crippen molar-refractivity contribution in [2.24, 2.45) is 7.05 Å². The minimum absolute atomic E-state index is 0.0579. The Morgan fingerprint density at radius 1 is 1.10 bits per heavy atom. The second-order valence-corrected chi connectivity index (χ2v) is 7.51. The van der Waals surface area contributed by atoms with Crippen LogP contribution in [0, 0.1) is 0 Å². The number of anilines is 1. The number of methoxy groups -OCH3 is 2. The van der Waals surface area contributed by atoms with Crippen LogP contribution in [0.3, 0.4) is 0 Å². The monoisotopic (exact) mass is 427 g/mol. The zero-order chi connectivity index (χ0) is 21.5. The van der Waals surface area contributed by atoms with Crippen LogP contribution in [-0.2, 0) is 18.3 Å². The second-order valence-electron chi connectivity index (χ2n) is 6.57. The molecule has 0 atom stereocenters. The molecule has 0 aliphatic rings. The van der Waals surface area contributed by atoms with Crippen LogP contribution in [-0.4, -0.2) is 47.2 Å². The lowest BCUT2D eigenvalue weighted by Crippen LogP contribution is -2.27. The van der Waals surface area contributed by atoms with Gasteiger partial charge in [0.25, 0.3) is 0 Å². The van der Waals surface area contributed by atoms with Gasteiger partial charge in [-0.2, -0.15) is 0 Å². The first-order valence-corrected chi connectivity index (χ1v) is 10.4. The molecular formula is C21H25N5O3S. The van der Waals surface area contributed by atoms with Gasteiger partial charge in [0.05, 0.1) is 20.0 Å². The fourth-order valence-corrected chi connectivity index (χ4v) is 3.63. The maximum absolute atomic E-state index is 12.2. The highest BCUT2D eigenvalue weighted by atomic mass is 32.2. The Labute approximate surface area is 179 Å². The molecule has 3 N–H and O–H groups in total. The number of benzene rings is 2. The molecule has 0 saturated carbocycles. The van der Waals surface area contributed by atoms with Crippen molar-refractivity contribution in [1.82, 2.24) is 20.1 Å². The first-order valence-electron chi connectivity index (χ1n) is 9.37. The van der Waals surface area contributed by atoms with Crippen molar-refractivity contribution >= 4 is 23.4 Å². The summed E-state index contributed by atoms with van der Waals surface area (Å²) in [7, 11) is 5.08. The molecule has 1 aromatic heterocycles. The van der Waals surface area contributed by atoms with Crippen molar-refractivity contribution in [3.05, 3.63) is 48.0 Å². The first-order chi connectivity index (χ1) is 14.5. The van der Waals surface area contributed by atoms with Gasteiger partial charge in [0.1, 0.15) is 0 Å². The number of carbonyl (C=O) groups excluding carboxylic acids is 1. The smallest absolute Gasteiger partial charge is 0.230 e. The van der Waals surface area contributed by atoms with Gasteiger partial charge in [0, 0.05) is 24.8 Å². The number of hydrogen-bond donors (Lipinski definition) is 2. The van der Waals surface area contributed by atoms with Gasteiger partial charge in [-0.1, -0.05) is 17.8 Å². The van der Waals surface area contributed by atoms with Gasteiger partial charge in [0.15, 0.2) is 22.5 Å². The molecular weight excluding hydrogens is 402 g/mol. The molecule has 2 aromatic carbocycles. The van der Waals surface area contributed by atoms with E-state index in [1.807, 2.05) is 54.1 Å². The predicted molar refractivity (Wildman–Crippen MR) is 118 cm³/mol. The van der Waals surface area contributed by atoms with Gasteiger partial charge < -0.3 is 25.1 Å². The van der Waals surface area contributed by atoms with Gasteiger partial charge >= 0.3 is 0 Å². The Kier molecular flexibility index (Phi) is 7.18. The average molecular weight is 428 g/mol. The molecule has 0 bridgehead atoms. The van der Waals surface area contributed by atoms with Gasteiger partial charge in [0.2, 0.25) is 5.91 Å². The number of hydrogen-bond acceptors (Lipinski definition) is 7. The van der Waals surface area contributed by atoms with Crippen LogP contribution in [0.1, 0.15) is 5.56 Å². The standard InChI is InChI=1S/C21H25N5O3S/c1-26-20(15-5-7-16(22)8-6-15)24-25-21(26)30-13-19(27)23-11-10-14-4-9-17(28-2)18(12-14)29-3/h4-9,12H,10-11,13,22H2,1-3H3,(H,23,27). The molecule has 0 spiro atoms. The maximum atomic E-state index is 12.2. The van der Waals surface area contributed by atoms with Gasteiger partial charge in [-0.05, 0) is 48.4 Å². The van der Waals surface area contributed by atoms with Crippen LogP contribution < -0.4 is 20.5 Å². The molecule has 0 aliphatic heterocycles. The number of nitrogens with zero attached hydrogens (tertiary/aromatic N) is 3. The van der Waals surface area contributed by atoms with Crippen LogP contribution in [0.2, 0.25) is 0 Å². The third-order valence-electron chi connectivity index (χ3n) is 4.52. The van der Waals surface area contributed by atoms with Crippen LogP contribution in [0.15, 0.2) is 47.6 Å². The van der Waals surface area contributed by atoms with Crippen molar-refractivity contribution in [1.29, 1.82) is 0 Å². The van der Waals surface area contributed by atoms with Gasteiger partial charge in [-0.3, -0.25) is 4.79 Å². The third-order valence-corrected chi connectivity index (χ3v) is 5.54. The predicted octanol–water partition coefficient (Wildman–Crippen LogP) is 2.53. The van der Waals surface area contributed by atoms with E-state index in [0.717, 1.165) is 17.0 Å². The van der Waals surface area contributed by atoms with Crippen LogP contribution in [0.25, 0.3) is 11.4 Å². The van der Waals surface area contributed by atoms with Gasteiger partial charge in [-0.25, -0.2) is 0 Å². The summed E-state index contributed by atoms with van der Waals surface area (Å²) in [4.78, 5) is 12.2. The second kappa shape index (κ2) is 10.0. The van der Waals surface area contributed by atoms with E-state index in [9.17, 15) is 4.79 Å². The molecule has 0 unspecified atom stereocenters. The lowest BCUT2D eigenvalue weighted by Gasteiger charge is -2.10. The highest BCUT2D eigenvalue weighted by Gasteiger charge is 2.13. The van der Waals surface area contributed by atoms with E-state index in [4.69, 9.17) is 15.2 Å². The Hall–Kier alpha value is -3.20. The highest BCUT2D eigenvalue weighted by molar-refractivity contribution is 7.99. The first kappa shape index (κ1) is 21.5. The zero-order valence-corrected chi connectivity index (χ0v) is 18.0. The summed E-state index contributed by atoms with van der Waals surface area (Å²) in [6.07, 6.45) is 0.696. The summed E-state index contributed by atoms with van der Waals surface area (Å²) in [5.41, 5.74) is 8.40. The van der Waals surface area contributed by atoms with Crippen molar-refractivity contribution in [2.75, 3.05) is 32.3 Å². The minimum Gasteiger partial charge on any atom is -0.493 e. The molecule has 158 valence electrons. The van der Waals surface area contributed by atoms with Crippen molar-refractivity contribution in [3.8, 4) is 22.9 Å². The SMILES string of the molecule is COc1ccc(CCNC(=O)CSc2nnc(-c3ccc(N)cc3)n2C)cc1OC. The number of nitrogens with one attached hydrogen (secondary N) is 1. The summed E-state index contributed by atoms with van der Waals surface area (Å²) in [6, 6.07) is 13.2. The summed E-state index contributed by atoms with van der Waals surface area (Å²) in [5, 5.41) is 12.0. The zero-order valence-electron chi connectivity index (χ0n) is 17.2. The number of aromatic nitrogens is 3. The average Bonchev–Trinajstić information content (AvgIpc) is 3.13. The van der Waals surface area contributed by atoms with E-state index in [-0.39, 0.29) is 11.7 Å². The lowest BCUT2D eigenvalue weighted by atomic mass is 10.1. The molecule has 0 aliphatic carbocycles. The number of rotatable bonds is 9. The quantitative estimate of drug-likeness (QED) is 0.399. The molecule has 1 amide bonds. The van der Waals surface area contributed by atoms with E-state index >= 15 is 0 Å². The molecule has 9 heteroatoms. The molecule has 0 fully saturated rings. The summed E-state index contributed by atoms with van der Waals surface area (Å²) in [5.74, 6) is 2.29. The van der Waals surface area contributed by atoms with E-state index in [1.165, 1.54) is 11.8 Å². The molecule has 30 heavy (non-hydrogen) atoms. The van der Waals surface area contributed by atoms with E-state index in [2.05, 4.69) is 15.5 Å². The number of thioether (sulfide) groups is 1. The largest absolute Gasteiger partial charge is 0.493 e.